The van der Waals surface area contributed by atoms with Gasteiger partial charge in [-0.2, -0.15) is 0 Å². The predicted molar refractivity (Wildman–Crippen MR) is 50.5 cm³/mol. The topological polar surface area (TPSA) is 37.3 Å². The number of aliphatic carboxylic acids is 1. The Kier molecular flexibility index (Phi) is 2.65. The molecule has 1 aromatic heterocycles. The fourth-order valence-corrected chi connectivity index (χ4v) is 1.89. The first-order valence-electron chi connectivity index (χ1n) is 3.57. The molecule has 0 radical (unpaired) electrons. The van der Waals surface area contributed by atoms with Gasteiger partial charge in [0, 0.05) is 15.8 Å². The van der Waals surface area contributed by atoms with Crippen LogP contribution >= 0.6 is 11.3 Å². The van der Waals surface area contributed by atoms with Gasteiger partial charge in [-0.1, -0.05) is 0 Å². The first-order chi connectivity index (χ1) is 5.59. The molecule has 0 bridgehead atoms. The molecule has 1 aromatic rings. The number of aryl methyl sites for hydroxylation is 2. The SMILES string of the molecule is Cc1cc(C=CC(=O)O)c(C)s1. The first-order valence-corrected chi connectivity index (χ1v) is 4.39. The maximum absolute atomic E-state index is 10.2. The van der Waals surface area contributed by atoms with Crippen molar-refractivity contribution in [1.82, 2.24) is 0 Å². The fourth-order valence-electron chi connectivity index (χ4n) is 0.977. The molecular formula is C9H10O2S. The normalized spacial score (nSPS) is 10.8. The van der Waals surface area contributed by atoms with E-state index in [4.69, 9.17) is 5.11 Å². The van der Waals surface area contributed by atoms with E-state index in [-0.39, 0.29) is 0 Å². The number of carbonyl (C=O) groups is 1. The number of rotatable bonds is 2. The summed E-state index contributed by atoms with van der Waals surface area (Å²) in [6.07, 6.45) is 2.79. The van der Waals surface area contributed by atoms with Crippen molar-refractivity contribution in [3.05, 3.63) is 27.5 Å². The van der Waals surface area contributed by atoms with Gasteiger partial charge in [-0.25, -0.2) is 4.79 Å². The minimum Gasteiger partial charge on any atom is -0.478 e. The molecule has 64 valence electrons. The van der Waals surface area contributed by atoms with Gasteiger partial charge in [0.25, 0.3) is 0 Å². The summed E-state index contributed by atoms with van der Waals surface area (Å²) in [5.74, 6) is -0.904. The molecule has 0 saturated heterocycles. The van der Waals surface area contributed by atoms with Gasteiger partial charge in [0.2, 0.25) is 0 Å². The van der Waals surface area contributed by atoms with Crippen LogP contribution in [-0.4, -0.2) is 11.1 Å². The molecule has 0 atom stereocenters. The van der Waals surface area contributed by atoms with Gasteiger partial charge in [-0.15, -0.1) is 11.3 Å². The standard InChI is InChI=1S/C9H10O2S/c1-6-5-8(7(2)12-6)3-4-9(10)11/h3-5H,1-2H3,(H,10,11). The summed E-state index contributed by atoms with van der Waals surface area (Å²) >= 11 is 1.68. The molecule has 3 heteroatoms. The van der Waals surface area contributed by atoms with Crippen molar-refractivity contribution in [3.63, 3.8) is 0 Å². The van der Waals surface area contributed by atoms with Gasteiger partial charge in [-0.3, -0.25) is 0 Å². The lowest BCUT2D eigenvalue weighted by Gasteiger charge is -1.86. The van der Waals surface area contributed by atoms with E-state index in [0.717, 1.165) is 16.5 Å². The number of hydrogen-bond donors (Lipinski definition) is 1. The second-order valence-electron chi connectivity index (χ2n) is 2.54. The van der Waals surface area contributed by atoms with Crippen LogP contribution in [0.2, 0.25) is 0 Å². The minimum absolute atomic E-state index is 0.904. The van der Waals surface area contributed by atoms with Crippen molar-refractivity contribution in [2.75, 3.05) is 0 Å². The maximum Gasteiger partial charge on any atom is 0.328 e. The molecular weight excluding hydrogens is 172 g/mol. The molecule has 0 saturated carbocycles. The Morgan fingerprint density at radius 3 is 2.67 bits per heavy atom. The van der Waals surface area contributed by atoms with E-state index in [0.29, 0.717) is 0 Å². The predicted octanol–water partition coefficient (Wildman–Crippen LogP) is 2.46. The van der Waals surface area contributed by atoms with Crippen molar-refractivity contribution in [1.29, 1.82) is 0 Å². The minimum atomic E-state index is -0.904. The van der Waals surface area contributed by atoms with E-state index in [1.54, 1.807) is 17.4 Å². The van der Waals surface area contributed by atoms with Crippen LogP contribution in [0.3, 0.4) is 0 Å². The molecule has 0 unspecified atom stereocenters. The third kappa shape index (κ3) is 2.20. The number of thiophene rings is 1. The lowest BCUT2D eigenvalue weighted by molar-refractivity contribution is -0.131. The zero-order chi connectivity index (χ0) is 9.14. The van der Waals surface area contributed by atoms with Gasteiger partial charge in [0.05, 0.1) is 0 Å². The van der Waals surface area contributed by atoms with E-state index < -0.39 is 5.97 Å². The van der Waals surface area contributed by atoms with Crippen molar-refractivity contribution in [3.8, 4) is 0 Å². The van der Waals surface area contributed by atoms with Gasteiger partial charge in [-0.05, 0) is 31.6 Å². The Balaban J connectivity index is 2.89. The Bertz CT molecular complexity index is 323. The fraction of sp³-hybridized carbons (Fsp3) is 0.222. The lowest BCUT2D eigenvalue weighted by atomic mass is 10.2. The smallest absolute Gasteiger partial charge is 0.328 e. The molecule has 2 nitrogen and oxygen atoms in total. The summed E-state index contributed by atoms with van der Waals surface area (Å²) in [7, 11) is 0. The summed E-state index contributed by atoms with van der Waals surface area (Å²) in [4.78, 5) is 12.6. The molecule has 0 amide bonds. The molecule has 0 aliphatic carbocycles. The zero-order valence-corrected chi connectivity index (χ0v) is 7.81. The molecule has 12 heavy (non-hydrogen) atoms. The molecule has 1 rings (SSSR count). The Labute approximate surface area is 75.2 Å². The highest BCUT2D eigenvalue weighted by Gasteiger charge is 1.98. The average Bonchev–Trinajstić information content (AvgIpc) is 2.26. The molecule has 0 spiro atoms. The van der Waals surface area contributed by atoms with Crippen LogP contribution in [0.15, 0.2) is 12.1 Å². The molecule has 0 aromatic carbocycles. The van der Waals surface area contributed by atoms with Crippen LogP contribution in [0.4, 0.5) is 0 Å². The van der Waals surface area contributed by atoms with E-state index in [2.05, 4.69) is 0 Å². The second kappa shape index (κ2) is 3.54. The van der Waals surface area contributed by atoms with E-state index in [1.807, 2.05) is 19.9 Å². The van der Waals surface area contributed by atoms with E-state index >= 15 is 0 Å². The van der Waals surface area contributed by atoms with Crippen LogP contribution in [0.1, 0.15) is 15.3 Å². The van der Waals surface area contributed by atoms with Crippen LogP contribution in [-0.2, 0) is 4.79 Å². The van der Waals surface area contributed by atoms with Gasteiger partial charge in [0.15, 0.2) is 0 Å². The summed E-state index contributed by atoms with van der Waals surface area (Å²) < 4.78 is 0. The summed E-state index contributed by atoms with van der Waals surface area (Å²) in [6.45, 7) is 4.00. The summed E-state index contributed by atoms with van der Waals surface area (Å²) in [5.41, 5.74) is 1.000. The largest absolute Gasteiger partial charge is 0.478 e. The summed E-state index contributed by atoms with van der Waals surface area (Å²) in [5, 5.41) is 8.39. The Morgan fingerprint density at radius 1 is 1.58 bits per heavy atom. The molecule has 0 aliphatic heterocycles. The number of carboxylic acid groups (broad SMARTS) is 1. The summed E-state index contributed by atoms with van der Waals surface area (Å²) in [6, 6.07) is 1.99. The number of hydrogen-bond acceptors (Lipinski definition) is 2. The van der Waals surface area contributed by atoms with Crippen molar-refractivity contribution < 1.29 is 9.90 Å². The first kappa shape index (κ1) is 9.00. The molecule has 0 aliphatic rings. The monoisotopic (exact) mass is 182 g/mol. The maximum atomic E-state index is 10.2. The van der Waals surface area contributed by atoms with Gasteiger partial charge >= 0.3 is 5.97 Å². The third-order valence-electron chi connectivity index (χ3n) is 1.48. The molecule has 0 fully saturated rings. The molecule has 1 N–H and O–H groups in total. The second-order valence-corrected chi connectivity index (χ2v) is 4.00. The lowest BCUT2D eigenvalue weighted by Crippen LogP contribution is -1.85. The quantitative estimate of drug-likeness (QED) is 0.713. The molecule has 1 heterocycles. The van der Waals surface area contributed by atoms with Crippen molar-refractivity contribution >= 4 is 23.4 Å². The van der Waals surface area contributed by atoms with E-state index in [9.17, 15) is 4.79 Å². The van der Waals surface area contributed by atoms with Crippen LogP contribution in [0, 0.1) is 13.8 Å². The number of carboxylic acids is 1. The average molecular weight is 182 g/mol. The van der Waals surface area contributed by atoms with Crippen LogP contribution in [0.25, 0.3) is 6.08 Å². The highest BCUT2D eigenvalue weighted by atomic mass is 32.1. The van der Waals surface area contributed by atoms with Crippen molar-refractivity contribution in [2.24, 2.45) is 0 Å². The van der Waals surface area contributed by atoms with Crippen LogP contribution in [0.5, 0.6) is 0 Å². The van der Waals surface area contributed by atoms with E-state index in [1.165, 1.54) is 4.88 Å². The Morgan fingerprint density at radius 2 is 2.25 bits per heavy atom. The highest BCUT2D eigenvalue weighted by Crippen LogP contribution is 2.21. The zero-order valence-electron chi connectivity index (χ0n) is 7.00. The Hall–Kier alpha value is -1.09. The van der Waals surface area contributed by atoms with Gasteiger partial charge in [0.1, 0.15) is 0 Å². The third-order valence-corrected chi connectivity index (χ3v) is 2.47. The highest BCUT2D eigenvalue weighted by molar-refractivity contribution is 7.12. The van der Waals surface area contributed by atoms with Crippen molar-refractivity contribution in [2.45, 2.75) is 13.8 Å². The van der Waals surface area contributed by atoms with Crippen LogP contribution < -0.4 is 0 Å². The van der Waals surface area contributed by atoms with Gasteiger partial charge < -0.3 is 5.11 Å².